The molecule has 0 radical (unpaired) electrons. The molecule has 0 spiro atoms. The molecule has 1 aliphatic heterocycles. The number of nitrogens with one attached hydrogen (secondary N) is 3. The molecule has 0 aromatic carbocycles. The third-order valence-electron chi connectivity index (χ3n) is 3.46. The standard InChI is InChI=1S/C13H20N4OS/c1-16-5-7-17(8-6-16)4-2-13(18)15-14-10-12-3-9-19-11-12/h3,9-11H,2,4-8H2,1H3,(H,15,18)/p+2/b14-10-. The molecule has 3 N–H and O–H groups in total. The van der Waals surface area contributed by atoms with Crippen LogP contribution >= 0.6 is 11.3 Å². The summed E-state index contributed by atoms with van der Waals surface area (Å²) in [5, 5.41) is 7.94. The fourth-order valence-electron chi connectivity index (χ4n) is 2.15. The predicted octanol–water partition coefficient (Wildman–Crippen LogP) is -2.00. The second-order valence-electron chi connectivity index (χ2n) is 5.06. The number of nitrogens with zero attached hydrogens (tertiary/aromatic N) is 1. The third kappa shape index (κ3) is 5.10. The van der Waals surface area contributed by atoms with E-state index in [1.54, 1.807) is 22.5 Å². The van der Waals surface area contributed by atoms with Crippen LogP contribution in [0.4, 0.5) is 0 Å². The van der Waals surface area contributed by atoms with Crippen molar-refractivity contribution in [1.82, 2.24) is 5.43 Å². The van der Waals surface area contributed by atoms with Gasteiger partial charge in [-0.1, -0.05) is 0 Å². The minimum Gasteiger partial charge on any atom is -0.328 e. The van der Waals surface area contributed by atoms with Gasteiger partial charge in [-0.15, -0.1) is 0 Å². The molecule has 1 amide bonds. The van der Waals surface area contributed by atoms with Crippen LogP contribution in [0, 0.1) is 0 Å². The first-order valence-electron chi connectivity index (χ1n) is 6.73. The molecule has 0 bridgehead atoms. The number of quaternary nitrogens is 2. The maximum atomic E-state index is 11.6. The third-order valence-corrected chi connectivity index (χ3v) is 4.16. The Morgan fingerprint density at radius 1 is 1.47 bits per heavy atom. The summed E-state index contributed by atoms with van der Waals surface area (Å²) in [6, 6.07) is 1.97. The van der Waals surface area contributed by atoms with Gasteiger partial charge in [-0.2, -0.15) is 16.4 Å². The van der Waals surface area contributed by atoms with Gasteiger partial charge in [0.1, 0.15) is 26.2 Å². The van der Waals surface area contributed by atoms with Crippen molar-refractivity contribution in [2.24, 2.45) is 5.10 Å². The normalized spacial score (nSPS) is 23.6. The van der Waals surface area contributed by atoms with Crippen LogP contribution in [0.2, 0.25) is 0 Å². The number of hydrazone groups is 1. The van der Waals surface area contributed by atoms with Crippen LogP contribution < -0.4 is 15.2 Å². The Hall–Kier alpha value is -1.24. The molecule has 0 aliphatic carbocycles. The van der Waals surface area contributed by atoms with Crippen molar-refractivity contribution in [3.63, 3.8) is 0 Å². The summed E-state index contributed by atoms with van der Waals surface area (Å²) in [4.78, 5) is 14.8. The van der Waals surface area contributed by atoms with Gasteiger partial charge in [-0.05, 0) is 16.8 Å². The molecule has 1 aromatic heterocycles. The van der Waals surface area contributed by atoms with E-state index in [2.05, 4.69) is 17.6 Å². The number of carbonyl (C=O) groups is 1. The molecule has 2 rings (SSSR count). The van der Waals surface area contributed by atoms with Gasteiger partial charge in [0, 0.05) is 5.56 Å². The Kier molecular flexibility index (Phi) is 5.50. The van der Waals surface area contributed by atoms with E-state index in [4.69, 9.17) is 0 Å². The monoisotopic (exact) mass is 282 g/mol. The van der Waals surface area contributed by atoms with Crippen molar-refractivity contribution >= 4 is 23.5 Å². The van der Waals surface area contributed by atoms with Crippen LogP contribution in [0.5, 0.6) is 0 Å². The van der Waals surface area contributed by atoms with Crippen molar-refractivity contribution < 1.29 is 14.6 Å². The van der Waals surface area contributed by atoms with Crippen LogP contribution in [0.1, 0.15) is 12.0 Å². The van der Waals surface area contributed by atoms with Crippen molar-refractivity contribution in [3.8, 4) is 0 Å². The fourth-order valence-corrected chi connectivity index (χ4v) is 2.76. The lowest BCUT2D eigenvalue weighted by molar-refractivity contribution is -1.00. The van der Waals surface area contributed by atoms with Crippen LogP contribution in [0.15, 0.2) is 21.9 Å². The van der Waals surface area contributed by atoms with Gasteiger partial charge in [-0.25, -0.2) is 5.43 Å². The predicted molar refractivity (Wildman–Crippen MR) is 76.9 cm³/mol. The molecule has 1 aromatic rings. The average molecular weight is 282 g/mol. The van der Waals surface area contributed by atoms with Gasteiger partial charge < -0.3 is 9.80 Å². The molecule has 6 heteroatoms. The van der Waals surface area contributed by atoms with Crippen LogP contribution in [-0.4, -0.2) is 51.9 Å². The first kappa shape index (κ1) is 14.2. The number of carbonyl (C=O) groups excluding carboxylic acids is 1. The summed E-state index contributed by atoms with van der Waals surface area (Å²) in [6.45, 7) is 5.64. The molecule has 19 heavy (non-hydrogen) atoms. The summed E-state index contributed by atoms with van der Waals surface area (Å²) in [6.07, 6.45) is 2.23. The molecule has 104 valence electrons. The van der Waals surface area contributed by atoms with Crippen molar-refractivity contribution in [2.75, 3.05) is 39.8 Å². The Bertz CT molecular complexity index is 410. The summed E-state index contributed by atoms with van der Waals surface area (Å²) in [5.74, 6) is 0.00487. The molecule has 0 saturated carbocycles. The van der Waals surface area contributed by atoms with E-state index in [9.17, 15) is 4.79 Å². The molecule has 1 aliphatic rings. The van der Waals surface area contributed by atoms with Crippen molar-refractivity contribution in [2.45, 2.75) is 6.42 Å². The van der Waals surface area contributed by atoms with Gasteiger partial charge >= 0.3 is 0 Å². The molecule has 0 atom stereocenters. The largest absolute Gasteiger partial charge is 0.328 e. The molecule has 0 unspecified atom stereocenters. The highest BCUT2D eigenvalue weighted by Crippen LogP contribution is 2.01. The minimum absolute atomic E-state index is 0.00487. The number of likely N-dealkylation sites (N-methyl/N-ethyl adjacent to an activating group) is 1. The number of amides is 1. The van der Waals surface area contributed by atoms with Crippen LogP contribution in [0.25, 0.3) is 0 Å². The topological polar surface area (TPSA) is 50.3 Å². The highest BCUT2D eigenvalue weighted by atomic mass is 32.1. The summed E-state index contributed by atoms with van der Waals surface area (Å²) in [7, 11) is 2.22. The second kappa shape index (κ2) is 7.37. The quantitative estimate of drug-likeness (QED) is 0.425. The zero-order chi connectivity index (χ0) is 13.5. The average Bonchev–Trinajstić information content (AvgIpc) is 2.91. The number of thiophene rings is 1. The van der Waals surface area contributed by atoms with Crippen molar-refractivity contribution in [1.29, 1.82) is 0 Å². The van der Waals surface area contributed by atoms with Crippen molar-refractivity contribution in [3.05, 3.63) is 22.4 Å². The maximum absolute atomic E-state index is 11.6. The molecule has 5 nitrogen and oxygen atoms in total. The van der Waals surface area contributed by atoms with E-state index in [1.807, 2.05) is 16.8 Å². The number of piperazine rings is 1. The van der Waals surface area contributed by atoms with Gasteiger partial charge in [-0.3, -0.25) is 4.79 Å². The Morgan fingerprint density at radius 2 is 2.26 bits per heavy atom. The number of hydrogen-bond donors (Lipinski definition) is 3. The van der Waals surface area contributed by atoms with E-state index in [-0.39, 0.29) is 5.91 Å². The zero-order valence-corrected chi connectivity index (χ0v) is 12.1. The van der Waals surface area contributed by atoms with Crippen LogP contribution in [0.3, 0.4) is 0 Å². The first-order chi connectivity index (χ1) is 9.24. The Labute approximate surface area is 117 Å². The Morgan fingerprint density at radius 3 is 2.95 bits per heavy atom. The molecule has 1 saturated heterocycles. The number of hydrogen-bond acceptors (Lipinski definition) is 3. The smallest absolute Gasteiger partial charge is 0.245 e. The van der Waals surface area contributed by atoms with E-state index >= 15 is 0 Å². The first-order valence-corrected chi connectivity index (χ1v) is 7.67. The van der Waals surface area contributed by atoms with Crippen LogP contribution in [-0.2, 0) is 4.79 Å². The molecular weight excluding hydrogens is 260 g/mol. The lowest BCUT2D eigenvalue weighted by Gasteiger charge is -2.26. The summed E-state index contributed by atoms with van der Waals surface area (Å²) in [5.41, 5.74) is 3.61. The lowest BCUT2D eigenvalue weighted by Crippen LogP contribution is -3.27. The van der Waals surface area contributed by atoms with E-state index < -0.39 is 0 Å². The lowest BCUT2D eigenvalue weighted by atomic mass is 10.3. The molecular formula is C13H22N4OS+2. The molecule has 2 heterocycles. The second-order valence-corrected chi connectivity index (χ2v) is 5.84. The minimum atomic E-state index is 0.00487. The van der Waals surface area contributed by atoms with Gasteiger partial charge in [0.15, 0.2) is 0 Å². The Balaban J connectivity index is 1.62. The summed E-state index contributed by atoms with van der Waals surface area (Å²) >= 11 is 1.62. The highest BCUT2D eigenvalue weighted by molar-refractivity contribution is 7.08. The number of rotatable bonds is 5. The molecule has 1 fully saturated rings. The van der Waals surface area contributed by atoms with Gasteiger partial charge in [0.05, 0.1) is 26.2 Å². The fraction of sp³-hybridized carbons (Fsp3) is 0.538. The van der Waals surface area contributed by atoms with Gasteiger partial charge in [0.2, 0.25) is 5.91 Å². The van der Waals surface area contributed by atoms with E-state index in [1.165, 1.54) is 18.0 Å². The SMILES string of the molecule is C[NH+]1CC[NH+](CCC(=O)N/N=C\c2ccsc2)CC1. The summed E-state index contributed by atoms with van der Waals surface area (Å²) < 4.78 is 0. The highest BCUT2D eigenvalue weighted by Gasteiger charge is 2.20. The van der Waals surface area contributed by atoms with Gasteiger partial charge in [0.25, 0.3) is 0 Å². The van der Waals surface area contributed by atoms with E-state index in [0.29, 0.717) is 6.42 Å². The maximum Gasteiger partial charge on any atom is 0.245 e. The van der Waals surface area contributed by atoms with E-state index in [0.717, 1.165) is 25.2 Å². The zero-order valence-electron chi connectivity index (χ0n) is 11.3.